The van der Waals surface area contributed by atoms with E-state index in [1.54, 1.807) is 0 Å². The van der Waals surface area contributed by atoms with Gasteiger partial charge in [0.25, 0.3) is 0 Å². The molecular formula is C13H16ClN3O. The average molecular weight is 266 g/mol. The molecule has 18 heavy (non-hydrogen) atoms. The van der Waals surface area contributed by atoms with E-state index in [9.17, 15) is 0 Å². The van der Waals surface area contributed by atoms with Crippen LogP contribution < -0.4 is 5.73 Å². The van der Waals surface area contributed by atoms with E-state index in [4.69, 9.17) is 21.9 Å². The number of benzene rings is 1. The number of hydrogen-bond acceptors (Lipinski definition) is 4. The van der Waals surface area contributed by atoms with Crippen molar-refractivity contribution in [3.8, 4) is 0 Å². The van der Waals surface area contributed by atoms with E-state index in [0.29, 0.717) is 18.1 Å². The van der Waals surface area contributed by atoms with Crippen molar-refractivity contribution < 1.29 is 4.52 Å². The van der Waals surface area contributed by atoms with E-state index in [1.165, 1.54) is 0 Å². The minimum absolute atomic E-state index is 0.212. The van der Waals surface area contributed by atoms with Crippen LogP contribution in [0.1, 0.15) is 37.2 Å². The maximum atomic E-state index is 5.95. The van der Waals surface area contributed by atoms with Gasteiger partial charge in [-0.15, -0.1) is 0 Å². The lowest BCUT2D eigenvalue weighted by atomic mass is 10.1. The Kier molecular flexibility index (Phi) is 3.99. The number of nitrogens with two attached hydrogens (primary N) is 1. The molecule has 0 saturated carbocycles. The molecule has 0 aliphatic carbocycles. The van der Waals surface area contributed by atoms with Gasteiger partial charge < -0.3 is 10.3 Å². The lowest BCUT2D eigenvalue weighted by Crippen LogP contribution is -2.17. The summed E-state index contributed by atoms with van der Waals surface area (Å²) in [6.45, 7) is 4.04. The number of halogens is 1. The van der Waals surface area contributed by atoms with Crippen LogP contribution in [0.4, 0.5) is 0 Å². The van der Waals surface area contributed by atoms with Crippen molar-refractivity contribution >= 4 is 11.6 Å². The van der Waals surface area contributed by atoms with Crippen LogP contribution in [-0.2, 0) is 6.42 Å². The molecule has 2 rings (SSSR count). The van der Waals surface area contributed by atoms with Gasteiger partial charge in [0.1, 0.15) is 0 Å². The van der Waals surface area contributed by atoms with Crippen molar-refractivity contribution in [2.24, 2.45) is 11.7 Å². The quantitative estimate of drug-likeness (QED) is 0.923. The van der Waals surface area contributed by atoms with Crippen LogP contribution in [0.15, 0.2) is 28.8 Å². The molecule has 1 heterocycles. The van der Waals surface area contributed by atoms with Crippen LogP contribution >= 0.6 is 11.6 Å². The first kappa shape index (κ1) is 13.1. The van der Waals surface area contributed by atoms with Gasteiger partial charge in [-0.2, -0.15) is 4.98 Å². The summed E-state index contributed by atoms with van der Waals surface area (Å²) in [5.41, 5.74) is 7.04. The minimum Gasteiger partial charge on any atom is -0.338 e. The molecule has 0 saturated heterocycles. The zero-order valence-electron chi connectivity index (χ0n) is 10.4. The van der Waals surface area contributed by atoms with Crippen LogP contribution in [0, 0.1) is 5.92 Å². The Hall–Kier alpha value is -1.39. The molecule has 1 aromatic carbocycles. The fourth-order valence-corrected chi connectivity index (χ4v) is 1.67. The standard InChI is InChI=1S/C13H16ClN3O/c1-8(2)12(15)13-16-11(17-18-13)7-9-3-5-10(14)6-4-9/h3-6,8,12H,7,15H2,1-2H3/t12-/m0/s1. The molecule has 0 spiro atoms. The third kappa shape index (κ3) is 3.09. The summed E-state index contributed by atoms with van der Waals surface area (Å²) in [6, 6.07) is 7.37. The molecule has 2 aromatic rings. The summed E-state index contributed by atoms with van der Waals surface area (Å²) in [5, 5.41) is 4.66. The molecule has 0 unspecified atom stereocenters. The smallest absolute Gasteiger partial charge is 0.243 e. The van der Waals surface area contributed by atoms with Crippen LogP contribution in [0.2, 0.25) is 5.02 Å². The number of rotatable bonds is 4. The van der Waals surface area contributed by atoms with E-state index in [-0.39, 0.29) is 12.0 Å². The normalized spacial score (nSPS) is 12.9. The SMILES string of the molecule is CC(C)[C@H](N)c1nc(Cc2ccc(Cl)cc2)no1. The summed E-state index contributed by atoms with van der Waals surface area (Å²) in [4.78, 5) is 4.31. The molecule has 0 amide bonds. The van der Waals surface area contributed by atoms with Crippen LogP contribution in [0.3, 0.4) is 0 Å². The highest BCUT2D eigenvalue weighted by atomic mass is 35.5. The molecule has 1 aromatic heterocycles. The third-order valence-electron chi connectivity index (χ3n) is 2.76. The molecule has 2 N–H and O–H groups in total. The number of aromatic nitrogens is 2. The van der Waals surface area contributed by atoms with Gasteiger partial charge in [0, 0.05) is 11.4 Å². The largest absolute Gasteiger partial charge is 0.338 e. The first-order chi connectivity index (χ1) is 8.56. The van der Waals surface area contributed by atoms with E-state index < -0.39 is 0 Å². The summed E-state index contributed by atoms with van der Waals surface area (Å²) in [7, 11) is 0. The highest BCUT2D eigenvalue weighted by Crippen LogP contribution is 2.18. The van der Waals surface area contributed by atoms with Gasteiger partial charge in [0.2, 0.25) is 5.89 Å². The van der Waals surface area contributed by atoms with Crippen molar-refractivity contribution in [3.63, 3.8) is 0 Å². The summed E-state index contributed by atoms with van der Waals surface area (Å²) >= 11 is 5.83. The van der Waals surface area contributed by atoms with Crippen LogP contribution in [0.5, 0.6) is 0 Å². The molecular weight excluding hydrogens is 250 g/mol. The summed E-state index contributed by atoms with van der Waals surface area (Å²) in [5.74, 6) is 1.41. The predicted molar refractivity (Wildman–Crippen MR) is 70.3 cm³/mol. The van der Waals surface area contributed by atoms with Gasteiger partial charge >= 0.3 is 0 Å². The van der Waals surface area contributed by atoms with Gasteiger partial charge in [-0.05, 0) is 23.6 Å². The van der Waals surface area contributed by atoms with Crippen LogP contribution in [-0.4, -0.2) is 10.1 Å². The van der Waals surface area contributed by atoms with Crippen molar-refractivity contribution in [1.82, 2.24) is 10.1 Å². The van der Waals surface area contributed by atoms with E-state index in [1.807, 2.05) is 38.1 Å². The van der Waals surface area contributed by atoms with Crippen molar-refractivity contribution in [2.45, 2.75) is 26.3 Å². The first-order valence-corrected chi connectivity index (χ1v) is 6.26. The van der Waals surface area contributed by atoms with E-state index in [0.717, 1.165) is 10.6 Å². The van der Waals surface area contributed by atoms with Crippen LogP contribution in [0.25, 0.3) is 0 Å². The molecule has 0 aliphatic rings. The molecule has 96 valence electrons. The maximum Gasteiger partial charge on any atom is 0.243 e. The van der Waals surface area contributed by atoms with E-state index in [2.05, 4.69) is 10.1 Å². The monoisotopic (exact) mass is 265 g/mol. The molecule has 4 nitrogen and oxygen atoms in total. The maximum absolute atomic E-state index is 5.95. The summed E-state index contributed by atoms with van der Waals surface area (Å²) < 4.78 is 5.17. The second-order valence-corrected chi connectivity index (χ2v) is 5.06. The first-order valence-electron chi connectivity index (χ1n) is 5.89. The Morgan fingerprint density at radius 3 is 2.56 bits per heavy atom. The topological polar surface area (TPSA) is 64.9 Å². The van der Waals surface area contributed by atoms with Crippen molar-refractivity contribution in [3.05, 3.63) is 46.6 Å². The fraction of sp³-hybridized carbons (Fsp3) is 0.385. The Bertz CT molecular complexity index is 507. The summed E-state index contributed by atoms with van der Waals surface area (Å²) in [6.07, 6.45) is 0.617. The second kappa shape index (κ2) is 5.50. The molecule has 0 aliphatic heterocycles. The zero-order valence-corrected chi connectivity index (χ0v) is 11.2. The number of hydrogen-bond donors (Lipinski definition) is 1. The lowest BCUT2D eigenvalue weighted by Gasteiger charge is -2.09. The number of nitrogens with zero attached hydrogens (tertiary/aromatic N) is 2. The third-order valence-corrected chi connectivity index (χ3v) is 3.01. The van der Waals surface area contributed by atoms with Gasteiger partial charge in [0.05, 0.1) is 6.04 Å². The molecule has 1 atom stereocenters. The highest BCUT2D eigenvalue weighted by molar-refractivity contribution is 6.30. The lowest BCUT2D eigenvalue weighted by molar-refractivity contribution is 0.322. The highest BCUT2D eigenvalue weighted by Gasteiger charge is 2.17. The zero-order chi connectivity index (χ0) is 13.1. The second-order valence-electron chi connectivity index (χ2n) is 4.62. The molecule has 5 heteroatoms. The Morgan fingerprint density at radius 2 is 1.94 bits per heavy atom. The molecule has 0 fully saturated rings. The molecule has 0 radical (unpaired) electrons. The van der Waals surface area contributed by atoms with Gasteiger partial charge in [0.15, 0.2) is 5.82 Å². The minimum atomic E-state index is -0.212. The van der Waals surface area contributed by atoms with Gasteiger partial charge in [-0.25, -0.2) is 0 Å². The Morgan fingerprint density at radius 1 is 1.28 bits per heavy atom. The molecule has 0 bridgehead atoms. The predicted octanol–water partition coefficient (Wildman–Crippen LogP) is 2.97. The van der Waals surface area contributed by atoms with Crippen molar-refractivity contribution in [2.75, 3.05) is 0 Å². The Labute approximate surface area is 111 Å². The fourth-order valence-electron chi connectivity index (χ4n) is 1.54. The average Bonchev–Trinajstić information content (AvgIpc) is 2.79. The van der Waals surface area contributed by atoms with E-state index >= 15 is 0 Å². The van der Waals surface area contributed by atoms with Gasteiger partial charge in [-0.3, -0.25) is 0 Å². The van der Waals surface area contributed by atoms with Gasteiger partial charge in [-0.1, -0.05) is 42.7 Å². The Balaban J connectivity index is 2.09. The van der Waals surface area contributed by atoms with Crippen molar-refractivity contribution in [1.29, 1.82) is 0 Å².